The van der Waals surface area contributed by atoms with E-state index in [0.717, 1.165) is 45.9 Å². The molecule has 1 aliphatic rings. The number of carbonyl (C=O) groups is 1. The number of thiazole rings is 1. The van der Waals surface area contributed by atoms with Crippen LogP contribution in [-0.2, 0) is 4.74 Å². The Morgan fingerprint density at radius 3 is 2.67 bits per heavy atom. The summed E-state index contributed by atoms with van der Waals surface area (Å²) in [6.07, 6.45) is 2.48. The second kappa shape index (κ2) is 9.32. The molecule has 0 bridgehead atoms. The number of rotatable bonds is 7. The predicted molar refractivity (Wildman–Crippen MR) is 128 cm³/mol. The first-order chi connectivity index (χ1) is 14.5. The molecule has 0 aliphatic carbocycles. The number of nitrogens with one attached hydrogen (secondary N) is 1. The lowest BCUT2D eigenvalue weighted by Crippen LogP contribution is -2.32. The van der Waals surface area contributed by atoms with Crippen molar-refractivity contribution in [1.29, 1.82) is 0 Å². The number of nitrogens with zero attached hydrogens (tertiary/aromatic N) is 3. The highest BCUT2D eigenvalue weighted by Crippen LogP contribution is 2.34. The zero-order chi connectivity index (χ0) is 21.1. The molecule has 3 aromatic rings. The number of thiophene rings is 1. The Balaban J connectivity index is 1.38. The Kier molecular flexibility index (Phi) is 6.55. The van der Waals surface area contributed by atoms with Crippen LogP contribution in [0.5, 0.6) is 0 Å². The van der Waals surface area contributed by atoms with E-state index in [9.17, 15) is 4.79 Å². The van der Waals surface area contributed by atoms with Crippen LogP contribution in [0, 0.1) is 5.92 Å². The van der Waals surface area contributed by atoms with Gasteiger partial charge in [-0.25, -0.2) is 4.98 Å². The topological polar surface area (TPSA) is 57.7 Å². The summed E-state index contributed by atoms with van der Waals surface area (Å²) < 4.78 is 6.17. The summed E-state index contributed by atoms with van der Waals surface area (Å²) in [6, 6.07) is 10.1. The normalized spacial score (nSPS) is 15.0. The summed E-state index contributed by atoms with van der Waals surface area (Å²) in [6.45, 7) is 5.98. The first kappa shape index (κ1) is 21.1. The van der Waals surface area contributed by atoms with Gasteiger partial charge in [-0.15, -0.1) is 11.3 Å². The minimum atomic E-state index is -0.0842. The molecule has 1 N–H and O–H groups in total. The van der Waals surface area contributed by atoms with Crippen LogP contribution < -0.4 is 15.1 Å². The van der Waals surface area contributed by atoms with Gasteiger partial charge in [0.2, 0.25) is 0 Å². The summed E-state index contributed by atoms with van der Waals surface area (Å²) in [5.41, 5.74) is 2.05. The van der Waals surface area contributed by atoms with Gasteiger partial charge in [-0.05, 0) is 49.1 Å². The lowest BCUT2D eigenvalue weighted by molar-refractivity contribution is 0.103. The number of likely N-dealkylation sites (N-methyl/N-ethyl adjacent to an activating group) is 1. The van der Waals surface area contributed by atoms with Gasteiger partial charge in [0, 0.05) is 45.2 Å². The maximum absolute atomic E-state index is 12.7. The van der Waals surface area contributed by atoms with Crippen molar-refractivity contribution in [3.05, 3.63) is 35.2 Å². The van der Waals surface area contributed by atoms with E-state index in [1.54, 1.807) is 18.4 Å². The molecule has 1 amide bonds. The Bertz CT molecular complexity index is 959. The smallest absolute Gasteiger partial charge is 0.265 e. The number of amides is 1. The third-order valence-corrected chi connectivity index (χ3v) is 7.81. The second-order valence-electron chi connectivity index (χ2n) is 7.86. The number of aromatic nitrogens is 1. The molecule has 1 saturated heterocycles. The van der Waals surface area contributed by atoms with Crippen LogP contribution in [0.25, 0.3) is 9.53 Å². The molecular weight excluding hydrogens is 416 g/mol. The molecule has 0 saturated carbocycles. The van der Waals surface area contributed by atoms with Gasteiger partial charge in [0.15, 0.2) is 5.13 Å². The Morgan fingerprint density at radius 1 is 1.27 bits per heavy atom. The number of hydrogen-bond donors (Lipinski definition) is 1. The van der Waals surface area contributed by atoms with Crippen LogP contribution in [0.3, 0.4) is 0 Å². The SMILES string of the molecule is COCCN(C)c1nc2sc(C(=O)Nc3ccc(N4CCC(C)CC4)cc3)cc2s1. The van der Waals surface area contributed by atoms with Crippen molar-refractivity contribution in [2.45, 2.75) is 19.8 Å². The molecule has 0 radical (unpaired) electrons. The van der Waals surface area contributed by atoms with Crippen molar-refractivity contribution >= 4 is 54.6 Å². The number of benzene rings is 1. The second-order valence-corrected chi connectivity index (χ2v) is 9.90. The highest BCUT2D eigenvalue weighted by atomic mass is 32.1. The average Bonchev–Trinajstić information content (AvgIpc) is 3.33. The molecule has 6 nitrogen and oxygen atoms in total. The van der Waals surface area contributed by atoms with E-state index in [1.165, 1.54) is 29.9 Å². The predicted octanol–water partition coefficient (Wildman–Crippen LogP) is 4.93. The van der Waals surface area contributed by atoms with E-state index in [2.05, 4.69) is 39.2 Å². The highest BCUT2D eigenvalue weighted by Gasteiger charge is 2.17. The summed E-state index contributed by atoms with van der Waals surface area (Å²) in [5, 5.41) is 3.96. The maximum Gasteiger partial charge on any atom is 0.265 e. The summed E-state index contributed by atoms with van der Waals surface area (Å²) >= 11 is 3.04. The number of hydrogen-bond acceptors (Lipinski definition) is 7. The molecule has 0 unspecified atom stereocenters. The average molecular weight is 445 g/mol. The van der Waals surface area contributed by atoms with E-state index >= 15 is 0 Å². The van der Waals surface area contributed by atoms with Gasteiger partial charge in [-0.3, -0.25) is 4.79 Å². The fraction of sp³-hybridized carbons (Fsp3) is 0.455. The molecule has 1 aromatic carbocycles. The van der Waals surface area contributed by atoms with Crippen molar-refractivity contribution in [1.82, 2.24) is 4.98 Å². The van der Waals surface area contributed by atoms with Crippen molar-refractivity contribution in [3.63, 3.8) is 0 Å². The molecule has 8 heteroatoms. The van der Waals surface area contributed by atoms with Gasteiger partial charge in [0.1, 0.15) is 4.83 Å². The Labute approximate surface area is 185 Å². The first-order valence-electron chi connectivity index (χ1n) is 10.3. The fourth-order valence-electron chi connectivity index (χ4n) is 3.54. The lowest BCUT2D eigenvalue weighted by atomic mass is 9.99. The number of ether oxygens (including phenoxy) is 1. The molecule has 3 heterocycles. The van der Waals surface area contributed by atoms with Crippen molar-refractivity contribution in [3.8, 4) is 0 Å². The van der Waals surface area contributed by atoms with E-state index in [0.29, 0.717) is 11.5 Å². The van der Waals surface area contributed by atoms with Gasteiger partial charge in [-0.2, -0.15) is 0 Å². The minimum Gasteiger partial charge on any atom is -0.383 e. The van der Waals surface area contributed by atoms with Crippen LogP contribution in [0.1, 0.15) is 29.4 Å². The minimum absolute atomic E-state index is 0.0842. The molecule has 2 aromatic heterocycles. The molecule has 0 spiro atoms. The number of carbonyl (C=O) groups excluding carboxylic acids is 1. The van der Waals surface area contributed by atoms with Crippen LogP contribution in [0.2, 0.25) is 0 Å². The summed E-state index contributed by atoms with van der Waals surface area (Å²) in [4.78, 5) is 23.5. The van der Waals surface area contributed by atoms with Crippen LogP contribution in [0.15, 0.2) is 30.3 Å². The summed E-state index contributed by atoms with van der Waals surface area (Å²) in [7, 11) is 3.70. The van der Waals surface area contributed by atoms with Crippen molar-refractivity contribution < 1.29 is 9.53 Å². The monoisotopic (exact) mass is 444 g/mol. The highest BCUT2D eigenvalue weighted by molar-refractivity contribution is 7.29. The third-order valence-electron chi connectivity index (χ3n) is 5.53. The van der Waals surface area contributed by atoms with E-state index in [1.807, 2.05) is 25.2 Å². The van der Waals surface area contributed by atoms with Crippen LogP contribution >= 0.6 is 22.7 Å². The number of methoxy groups -OCH3 is 1. The zero-order valence-corrected chi connectivity index (χ0v) is 19.3. The summed E-state index contributed by atoms with van der Waals surface area (Å²) in [5.74, 6) is 0.732. The molecule has 1 fully saturated rings. The number of fused-ring (bicyclic) bond motifs is 1. The Morgan fingerprint density at radius 2 is 2.00 bits per heavy atom. The first-order valence-corrected chi connectivity index (χ1v) is 11.9. The van der Waals surface area contributed by atoms with Gasteiger partial charge in [0.05, 0.1) is 16.2 Å². The molecule has 30 heavy (non-hydrogen) atoms. The molecular formula is C22H28N4O2S2. The van der Waals surface area contributed by atoms with Crippen LogP contribution in [-0.4, -0.2) is 51.3 Å². The van der Waals surface area contributed by atoms with E-state index in [4.69, 9.17) is 4.74 Å². The quantitative estimate of drug-likeness (QED) is 0.560. The Hall–Kier alpha value is -2.16. The maximum atomic E-state index is 12.7. The zero-order valence-electron chi connectivity index (χ0n) is 17.7. The molecule has 1 aliphatic heterocycles. The van der Waals surface area contributed by atoms with Gasteiger partial charge < -0.3 is 19.9 Å². The number of anilines is 3. The largest absolute Gasteiger partial charge is 0.383 e. The molecule has 4 rings (SSSR count). The van der Waals surface area contributed by atoms with Crippen molar-refractivity contribution in [2.24, 2.45) is 5.92 Å². The molecule has 0 atom stereocenters. The fourth-order valence-corrected chi connectivity index (χ4v) is 5.63. The lowest BCUT2D eigenvalue weighted by Gasteiger charge is -2.32. The van der Waals surface area contributed by atoms with Gasteiger partial charge in [-0.1, -0.05) is 18.3 Å². The number of piperidine rings is 1. The van der Waals surface area contributed by atoms with Gasteiger partial charge in [0.25, 0.3) is 5.91 Å². The standard InChI is InChI=1S/C22H28N4O2S2/c1-15-8-10-26(11-9-15)17-6-4-16(5-7-17)23-20(27)18-14-19-21(29-18)24-22(30-19)25(2)12-13-28-3/h4-7,14-15H,8-13H2,1-3H3,(H,23,27). The van der Waals surface area contributed by atoms with Crippen molar-refractivity contribution in [2.75, 3.05) is 55.5 Å². The van der Waals surface area contributed by atoms with E-state index in [-0.39, 0.29) is 5.91 Å². The third kappa shape index (κ3) is 4.77. The molecule has 160 valence electrons. The van der Waals surface area contributed by atoms with Crippen LogP contribution in [0.4, 0.5) is 16.5 Å². The van der Waals surface area contributed by atoms with Gasteiger partial charge >= 0.3 is 0 Å². The van der Waals surface area contributed by atoms with E-state index < -0.39 is 0 Å².